The van der Waals surface area contributed by atoms with Gasteiger partial charge in [-0.25, -0.2) is 4.79 Å². The van der Waals surface area contributed by atoms with Crippen LogP contribution >= 0.6 is 0 Å². The first-order valence-electron chi connectivity index (χ1n) is 6.35. The highest BCUT2D eigenvalue weighted by atomic mass is 16.5. The van der Waals surface area contributed by atoms with Gasteiger partial charge < -0.3 is 14.1 Å². The van der Waals surface area contributed by atoms with Gasteiger partial charge in [-0.15, -0.1) is 0 Å². The van der Waals surface area contributed by atoms with Crippen molar-refractivity contribution < 1.29 is 18.7 Å². The molecule has 0 fully saturated rings. The number of methoxy groups -OCH3 is 1. The monoisotopic (exact) mass is 275 g/mol. The Morgan fingerprint density at radius 1 is 1.45 bits per heavy atom. The Hall–Kier alpha value is -2.30. The van der Waals surface area contributed by atoms with Crippen molar-refractivity contribution in [1.29, 1.82) is 0 Å². The van der Waals surface area contributed by atoms with E-state index in [1.54, 1.807) is 30.0 Å². The molecule has 0 spiro atoms. The van der Waals surface area contributed by atoms with E-state index < -0.39 is 5.97 Å². The molecule has 106 valence electrons. The van der Waals surface area contributed by atoms with E-state index in [1.807, 2.05) is 13.8 Å². The molecule has 0 aliphatic carbocycles. The lowest BCUT2D eigenvalue weighted by atomic mass is 10.1. The third kappa shape index (κ3) is 2.27. The fourth-order valence-electron chi connectivity index (χ4n) is 2.34. The fraction of sp³-hybridized carbons (Fsp3) is 0.333. The van der Waals surface area contributed by atoms with E-state index in [0.717, 1.165) is 0 Å². The van der Waals surface area contributed by atoms with Gasteiger partial charge in [0.1, 0.15) is 5.76 Å². The van der Waals surface area contributed by atoms with Crippen molar-refractivity contribution in [3.8, 4) is 0 Å². The van der Waals surface area contributed by atoms with Gasteiger partial charge in [-0.3, -0.25) is 4.79 Å². The van der Waals surface area contributed by atoms with Crippen molar-refractivity contribution in [1.82, 2.24) is 4.90 Å². The Balaban J connectivity index is 2.55. The zero-order valence-electron chi connectivity index (χ0n) is 12.0. The largest absolute Gasteiger partial charge is 0.465 e. The van der Waals surface area contributed by atoms with Crippen LogP contribution in [0.3, 0.4) is 0 Å². The molecule has 0 saturated carbocycles. The maximum absolute atomic E-state index is 12.5. The predicted molar refractivity (Wildman–Crippen MR) is 73.4 cm³/mol. The Morgan fingerprint density at radius 3 is 2.65 bits per heavy atom. The van der Waals surface area contributed by atoms with Crippen molar-refractivity contribution in [2.45, 2.75) is 26.8 Å². The number of allylic oxidation sites excluding steroid dienone is 1. The third-order valence-electron chi connectivity index (χ3n) is 3.18. The number of carbonyl (C=O) groups excluding carboxylic acids is 2. The second-order valence-electron chi connectivity index (χ2n) is 4.79. The predicted octanol–water partition coefficient (Wildman–Crippen LogP) is 2.36. The molecule has 0 saturated heterocycles. The Labute approximate surface area is 117 Å². The summed E-state index contributed by atoms with van der Waals surface area (Å²) in [5, 5.41) is 0. The molecule has 1 aliphatic rings. The van der Waals surface area contributed by atoms with Crippen LogP contribution in [0.5, 0.6) is 0 Å². The van der Waals surface area contributed by atoms with E-state index in [9.17, 15) is 9.59 Å². The van der Waals surface area contributed by atoms with Gasteiger partial charge in [-0.1, -0.05) is 0 Å². The van der Waals surface area contributed by atoms with E-state index in [1.165, 1.54) is 13.4 Å². The Morgan fingerprint density at radius 2 is 2.15 bits per heavy atom. The summed E-state index contributed by atoms with van der Waals surface area (Å²) in [6, 6.07) is 3.41. The third-order valence-corrected chi connectivity index (χ3v) is 3.18. The lowest BCUT2D eigenvalue weighted by Crippen LogP contribution is -2.31. The van der Waals surface area contributed by atoms with Gasteiger partial charge in [0.25, 0.3) is 5.91 Å². The van der Waals surface area contributed by atoms with Crippen molar-refractivity contribution in [3.63, 3.8) is 0 Å². The smallest absolute Gasteiger partial charge is 0.340 e. The highest BCUT2D eigenvalue weighted by molar-refractivity contribution is 6.16. The SMILES string of the molecule is COC(=O)C1=C(C)N(C(C)C)C(=O)/C1=C\c1ccco1. The Kier molecular flexibility index (Phi) is 3.79. The summed E-state index contributed by atoms with van der Waals surface area (Å²) in [6.45, 7) is 5.53. The first-order valence-corrected chi connectivity index (χ1v) is 6.35. The second-order valence-corrected chi connectivity index (χ2v) is 4.79. The minimum absolute atomic E-state index is 0.0374. The molecule has 1 aromatic heterocycles. The zero-order chi connectivity index (χ0) is 14.9. The minimum atomic E-state index is -0.517. The van der Waals surface area contributed by atoms with E-state index in [-0.39, 0.29) is 11.9 Å². The summed E-state index contributed by atoms with van der Waals surface area (Å²) in [5.74, 6) is -0.209. The molecule has 1 aromatic rings. The lowest BCUT2D eigenvalue weighted by molar-refractivity contribution is -0.136. The van der Waals surface area contributed by atoms with Crippen LogP contribution in [0.25, 0.3) is 6.08 Å². The van der Waals surface area contributed by atoms with E-state index in [2.05, 4.69) is 0 Å². The lowest BCUT2D eigenvalue weighted by Gasteiger charge is -2.22. The quantitative estimate of drug-likeness (QED) is 0.627. The first kappa shape index (κ1) is 14.1. The van der Waals surface area contributed by atoms with Crippen molar-refractivity contribution >= 4 is 18.0 Å². The topological polar surface area (TPSA) is 59.8 Å². The highest BCUT2D eigenvalue weighted by Gasteiger charge is 2.38. The number of hydrogen-bond donors (Lipinski definition) is 0. The molecule has 0 aromatic carbocycles. The van der Waals surface area contributed by atoms with Crippen LogP contribution in [0.2, 0.25) is 0 Å². The number of amides is 1. The van der Waals surface area contributed by atoms with Gasteiger partial charge >= 0.3 is 5.97 Å². The van der Waals surface area contributed by atoms with Crippen molar-refractivity contribution in [2.24, 2.45) is 0 Å². The molecule has 0 radical (unpaired) electrons. The molecular weight excluding hydrogens is 258 g/mol. The summed E-state index contributed by atoms with van der Waals surface area (Å²) in [6.07, 6.45) is 3.08. The van der Waals surface area contributed by atoms with Gasteiger partial charge in [0, 0.05) is 11.7 Å². The molecule has 0 N–H and O–H groups in total. The van der Waals surface area contributed by atoms with E-state index in [4.69, 9.17) is 9.15 Å². The number of rotatable bonds is 3. The second kappa shape index (κ2) is 5.36. The van der Waals surface area contributed by atoms with Gasteiger partial charge in [-0.05, 0) is 39.0 Å². The molecule has 1 amide bonds. The molecular formula is C15H17NO4. The van der Waals surface area contributed by atoms with Crippen LogP contribution in [0, 0.1) is 0 Å². The summed E-state index contributed by atoms with van der Waals surface area (Å²) < 4.78 is 10.00. The average Bonchev–Trinajstić information content (AvgIpc) is 2.97. The maximum Gasteiger partial charge on any atom is 0.340 e. The number of hydrogen-bond acceptors (Lipinski definition) is 4. The van der Waals surface area contributed by atoms with Gasteiger partial charge in [-0.2, -0.15) is 0 Å². The van der Waals surface area contributed by atoms with Gasteiger partial charge in [0.15, 0.2) is 0 Å². The van der Waals surface area contributed by atoms with Crippen LogP contribution < -0.4 is 0 Å². The number of nitrogens with zero attached hydrogens (tertiary/aromatic N) is 1. The Bertz CT molecular complexity index is 593. The molecule has 2 rings (SSSR count). The number of ether oxygens (including phenoxy) is 1. The molecule has 5 heteroatoms. The van der Waals surface area contributed by atoms with E-state index in [0.29, 0.717) is 22.6 Å². The zero-order valence-corrected chi connectivity index (χ0v) is 12.0. The highest BCUT2D eigenvalue weighted by Crippen LogP contribution is 2.32. The van der Waals surface area contributed by atoms with Crippen LogP contribution in [0.15, 0.2) is 39.7 Å². The number of carbonyl (C=O) groups is 2. The molecule has 1 aliphatic heterocycles. The normalized spacial score (nSPS) is 17.6. The first-order chi connectivity index (χ1) is 9.47. The van der Waals surface area contributed by atoms with Crippen molar-refractivity contribution in [3.05, 3.63) is 41.0 Å². The van der Waals surface area contributed by atoms with Crippen molar-refractivity contribution in [2.75, 3.05) is 7.11 Å². The van der Waals surface area contributed by atoms with Gasteiger partial charge in [0.05, 0.1) is 24.5 Å². The van der Waals surface area contributed by atoms with E-state index >= 15 is 0 Å². The number of furan rings is 1. The summed E-state index contributed by atoms with van der Waals surface area (Å²) in [5.41, 5.74) is 1.20. The van der Waals surface area contributed by atoms with Crippen LogP contribution in [0.4, 0.5) is 0 Å². The minimum Gasteiger partial charge on any atom is -0.465 e. The standard InChI is InChI=1S/C15H17NO4/c1-9(2)16-10(3)13(15(18)19-4)12(14(16)17)8-11-6-5-7-20-11/h5-9H,1-4H3/b12-8-. The molecule has 0 bridgehead atoms. The average molecular weight is 275 g/mol. The molecule has 5 nitrogen and oxygen atoms in total. The summed E-state index contributed by atoms with van der Waals surface area (Å²) in [7, 11) is 1.30. The number of esters is 1. The molecule has 20 heavy (non-hydrogen) atoms. The summed E-state index contributed by atoms with van der Waals surface area (Å²) in [4.78, 5) is 26.0. The van der Waals surface area contributed by atoms with Gasteiger partial charge in [0.2, 0.25) is 0 Å². The molecule has 2 heterocycles. The van der Waals surface area contributed by atoms with Crippen LogP contribution in [0.1, 0.15) is 26.5 Å². The molecule has 0 unspecified atom stereocenters. The van der Waals surface area contributed by atoms with Crippen LogP contribution in [-0.4, -0.2) is 29.9 Å². The van der Waals surface area contributed by atoms with Crippen LogP contribution in [-0.2, 0) is 14.3 Å². The maximum atomic E-state index is 12.5. The fourth-order valence-corrected chi connectivity index (χ4v) is 2.34. The molecule has 0 atom stereocenters. The summed E-state index contributed by atoms with van der Waals surface area (Å²) >= 11 is 0.